The van der Waals surface area contributed by atoms with Crippen LogP contribution >= 0.6 is 0 Å². The van der Waals surface area contributed by atoms with E-state index in [1.165, 1.54) is 0 Å². The van der Waals surface area contributed by atoms with E-state index in [-0.39, 0.29) is 5.48 Å². The largest absolute Gasteiger partial charge is 0.412 e. The van der Waals surface area contributed by atoms with Crippen molar-refractivity contribution in [3.8, 4) is 0 Å². The summed E-state index contributed by atoms with van der Waals surface area (Å²) in [5.41, 5.74) is 0. The molecule has 0 aliphatic carbocycles. The molecule has 0 saturated heterocycles. The Kier molecular flexibility index (Phi) is 56.6. The third-order valence-corrected chi connectivity index (χ3v) is 1.54. The molecule has 16 heavy (non-hydrogen) atoms. The van der Waals surface area contributed by atoms with Crippen LogP contribution in [0.3, 0.4) is 0 Å². The Bertz CT molecular complexity index is 49.8. The maximum absolute atomic E-state index is 8.07. The van der Waals surface area contributed by atoms with Crippen molar-refractivity contribution in [1.29, 1.82) is 0 Å². The monoisotopic (exact) mass is 240 g/mol. The van der Waals surface area contributed by atoms with E-state index in [1.807, 2.05) is 0 Å². The lowest BCUT2D eigenvalue weighted by molar-refractivity contribution is 0.286. The topological polar surface area (TPSA) is 92.2 Å². The smallest absolute Gasteiger partial charge is 0.0430 e. The van der Waals surface area contributed by atoms with E-state index in [9.17, 15) is 0 Å². The standard InChI is InChI=1S/3C4H10O.H2O/c3*1-2-3-4-5;/h3*5H,2-4H2,1H3;1H2. The summed E-state index contributed by atoms with van der Waals surface area (Å²) in [7, 11) is 0. The molecule has 0 aromatic carbocycles. The van der Waals surface area contributed by atoms with E-state index in [2.05, 4.69) is 20.8 Å². The van der Waals surface area contributed by atoms with Crippen LogP contribution in [0.5, 0.6) is 0 Å². The second-order valence-electron chi connectivity index (χ2n) is 3.23. The molecule has 0 spiro atoms. The van der Waals surface area contributed by atoms with Crippen LogP contribution in [0.1, 0.15) is 59.3 Å². The maximum Gasteiger partial charge on any atom is 0.0430 e. The zero-order chi connectivity index (χ0) is 12.4. The summed E-state index contributed by atoms with van der Waals surface area (Å²) in [6.45, 7) is 7.19. The summed E-state index contributed by atoms with van der Waals surface area (Å²) < 4.78 is 0. The van der Waals surface area contributed by atoms with E-state index < -0.39 is 0 Å². The van der Waals surface area contributed by atoms with Gasteiger partial charge in [0.2, 0.25) is 0 Å². The highest BCUT2D eigenvalue weighted by Gasteiger charge is 1.70. The van der Waals surface area contributed by atoms with E-state index in [0.29, 0.717) is 19.8 Å². The lowest BCUT2D eigenvalue weighted by Crippen LogP contribution is -1.75. The van der Waals surface area contributed by atoms with Gasteiger partial charge >= 0.3 is 0 Å². The van der Waals surface area contributed by atoms with Crippen molar-refractivity contribution in [3.63, 3.8) is 0 Å². The minimum Gasteiger partial charge on any atom is -0.412 e. The molecule has 0 saturated carbocycles. The second-order valence-corrected chi connectivity index (χ2v) is 3.23. The molecule has 0 bridgehead atoms. The molecule has 0 amide bonds. The molecule has 5 N–H and O–H groups in total. The predicted molar refractivity (Wildman–Crippen MR) is 69.6 cm³/mol. The van der Waals surface area contributed by atoms with Gasteiger partial charge in [-0.05, 0) is 19.3 Å². The molecule has 104 valence electrons. The number of hydrogen-bond acceptors (Lipinski definition) is 3. The maximum atomic E-state index is 8.07. The first kappa shape index (κ1) is 24.9. The Hall–Kier alpha value is -0.160. The number of rotatable bonds is 6. The summed E-state index contributed by atoms with van der Waals surface area (Å²) in [5, 5.41) is 24.2. The highest BCUT2D eigenvalue weighted by atomic mass is 16.3. The van der Waals surface area contributed by atoms with Gasteiger partial charge in [-0.3, -0.25) is 0 Å². The van der Waals surface area contributed by atoms with Gasteiger partial charge in [0, 0.05) is 19.8 Å². The van der Waals surface area contributed by atoms with E-state index in [4.69, 9.17) is 15.3 Å². The van der Waals surface area contributed by atoms with Gasteiger partial charge in [0.25, 0.3) is 0 Å². The third kappa shape index (κ3) is 66.9. The van der Waals surface area contributed by atoms with Gasteiger partial charge in [-0.25, -0.2) is 0 Å². The van der Waals surface area contributed by atoms with Gasteiger partial charge in [-0.1, -0.05) is 40.0 Å². The molecule has 0 aliphatic heterocycles. The molecular formula is C12H32O4. The van der Waals surface area contributed by atoms with Crippen LogP contribution in [0.25, 0.3) is 0 Å². The molecule has 0 fully saturated rings. The van der Waals surface area contributed by atoms with Crippen LogP contribution in [0.2, 0.25) is 0 Å². The van der Waals surface area contributed by atoms with Crippen LogP contribution in [0.15, 0.2) is 0 Å². The lowest BCUT2D eigenvalue weighted by atomic mass is 10.4. The molecule has 0 rings (SSSR count). The van der Waals surface area contributed by atoms with E-state index in [1.54, 1.807) is 0 Å². The van der Waals surface area contributed by atoms with Crippen LogP contribution in [-0.4, -0.2) is 40.6 Å². The van der Waals surface area contributed by atoms with E-state index in [0.717, 1.165) is 38.5 Å². The lowest BCUT2D eigenvalue weighted by Gasteiger charge is -1.79. The van der Waals surface area contributed by atoms with Crippen LogP contribution in [0, 0.1) is 0 Å². The molecule has 4 heteroatoms. The summed E-state index contributed by atoms with van der Waals surface area (Å²) in [6.07, 6.45) is 6.11. The molecule has 4 nitrogen and oxygen atoms in total. The first-order valence-electron chi connectivity index (χ1n) is 6.07. The zero-order valence-electron chi connectivity index (χ0n) is 11.2. The van der Waals surface area contributed by atoms with Crippen molar-refractivity contribution < 1.29 is 20.8 Å². The van der Waals surface area contributed by atoms with Gasteiger partial charge in [0.1, 0.15) is 0 Å². The van der Waals surface area contributed by atoms with Crippen LogP contribution in [-0.2, 0) is 0 Å². The molecule has 0 aliphatic rings. The minimum absolute atomic E-state index is 0. The summed E-state index contributed by atoms with van der Waals surface area (Å²) >= 11 is 0. The molecular weight excluding hydrogens is 208 g/mol. The summed E-state index contributed by atoms with van der Waals surface area (Å²) in [5.74, 6) is 0. The quantitative estimate of drug-likeness (QED) is 0.657. The summed E-state index contributed by atoms with van der Waals surface area (Å²) in [6, 6.07) is 0. The average Bonchev–Trinajstić information content (AvgIpc) is 2.23. The first-order chi connectivity index (χ1) is 7.24. The Morgan fingerprint density at radius 1 is 0.562 bits per heavy atom. The molecule has 0 unspecified atom stereocenters. The molecule has 0 aromatic rings. The second kappa shape index (κ2) is 36.4. The van der Waals surface area contributed by atoms with Gasteiger partial charge in [-0.2, -0.15) is 0 Å². The van der Waals surface area contributed by atoms with Crippen molar-refractivity contribution in [3.05, 3.63) is 0 Å². The Morgan fingerprint density at radius 3 is 0.750 bits per heavy atom. The molecule has 0 atom stereocenters. The summed E-state index contributed by atoms with van der Waals surface area (Å²) in [4.78, 5) is 0. The fourth-order valence-electron chi connectivity index (χ4n) is 0.474. The Labute approximate surface area is 101 Å². The normalized spacial score (nSPS) is 7.88. The number of aliphatic hydroxyl groups excluding tert-OH is 3. The van der Waals surface area contributed by atoms with Crippen molar-refractivity contribution in [2.75, 3.05) is 19.8 Å². The Balaban J connectivity index is -0.0000000655. The predicted octanol–water partition coefficient (Wildman–Crippen LogP) is 1.51. The fourth-order valence-corrected chi connectivity index (χ4v) is 0.474. The molecule has 0 radical (unpaired) electrons. The first-order valence-corrected chi connectivity index (χ1v) is 6.07. The third-order valence-electron chi connectivity index (χ3n) is 1.54. The van der Waals surface area contributed by atoms with Gasteiger partial charge < -0.3 is 20.8 Å². The van der Waals surface area contributed by atoms with Crippen molar-refractivity contribution in [2.24, 2.45) is 0 Å². The van der Waals surface area contributed by atoms with Crippen molar-refractivity contribution in [1.82, 2.24) is 0 Å². The average molecular weight is 240 g/mol. The molecule has 0 aromatic heterocycles. The van der Waals surface area contributed by atoms with E-state index >= 15 is 0 Å². The van der Waals surface area contributed by atoms with Crippen LogP contribution < -0.4 is 0 Å². The van der Waals surface area contributed by atoms with Gasteiger partial charge in [0.15, 0.2) is 0 Å². The fraction of sp³-hybridized carbons (Fsp3) is 1.00. The SMILES string of the molecule is CCCCO.CCCCO.CCCCO.O. The molecule has 0 heterocycles. The van der Waals surface area contributed by atoms with Crippen molar-refractivity contribution >= 4 is 0 Å². The zero-order valence-corrected chi connectivity index (χ0v) is 11.2. The highest BCUT2D eigenvalue weighted by Crippen LogP contribution is 1.79. The van der Waals surface area contributed by atoms with Gasteiger partial charge in [-0.15, -0.1) is 0 Å². The van der Waals surface area contributed by atoms with Crippen LogP contribution in [0.4, 0.5) is 0 Å². The van der Waals surface area contributed by atoms with Gasteiger partial charge in [0.05, 0.1) is 0 Å². The number of unbranched alkanes of at least 4 members (excludes halogenated alkanes) is 3. The van der Waals surface area contributed by atoms with Crippen molar-refractivity contribution in [2.45, 2.75) is 59.3 Å². The minimum atomic E-state index is 0. The number of hydrogen-bond donors (Lipinski definition) is 3. The highest BCUT2D eigenvalue weighted by molar-refractivity contribution is 4.24. The number of aliphatic hydroxyl groups is 3. The Morgan fingerprint density at radius 2 is 0.750 bits per heavy atom.